The summed E-state index contributed by atoms with van der Waals surface area (Å²) < 4.78 is 14.0. The number of amides is 1. The highest BCUT2D eigenvalue weighted by atomic mass is 35.5. The maximum atomic E-state index is 14.0. The minimum atomic E-state index is -0.267. The molecule has 1 amide bonds. The van der Waals surface area contributed by atoms with E-state index in [9.17, 15) is 9.18 Å². The third-order valence-corrected chi connectivity index (χ3v) is 5.83. The highest BCUT2D eigenvalue weighted by Gasteiger charge is 2.27. The lowest BCUT2D eigenvalue weighted by Crippen LogP contribution is -2.41. The fourth-order valence-electron chi connectivity index (χ4n) is 3.97. The van der Waals surface area contributed by atoms with E-state index in [2.05, 4.69) is 36.2 Å². The standard InChI is InChI=1S/C24H30ClFN2O/c1-17(2)14-23(18-6-4-3-5-7-18)27-24(29)19-10-12-28(13-11-19)16-20-8-9-21(25)15-22(20)26/h3-9,15,17,19,23H,10-14,16H2,1-2H3,(H,27,29)/t23-/m0/s1. The van der Waals surface area contributed by atoms with Gasteiger partial charge in [-0.05, 0) is 56.0 Å². The van der Waals surface area contributed by atoms with E-state index in [1.165, 1.54) is 6.07 Å². The number of nitrogens with one attached hydrogen (secondary N) is 1. The average molecular weight is 417 g/mol. The maximum absolute atomic E-state index is 14.0. The summed E-state index contributed by atoms with van der Waals surface area (Å²) in [5.74, 6) is 0.380. The highest BCUT2D eigenvalue weighted by molar-refractivity contribution is 6.30. The lowest BCUT2D eigenvalue weighted by molar-refractivity contribution is -0.127. The van der Waals surface area contributed by atoms with Gasteiger partial charge < -0.3 is 5.32 Å². The van der Waals surface area contributed by atoms with Crippen molar-refractivity contribution in [3.63, 3.8) is 0 Å². The molecule has 1 fully saturated rings. The topological polar surface area (TPSA) is 32.3 Å². The van der Waals surface area contributed by atoms with Gasteiger partial charge in [-0.25, -0.2) is 4.39 Å². The summed E-state index contributed by atoms with van der Waals surface area (Å²) in [5, 5.41) is 3.70. The van der Waals surface area contributed by atoms with Crippen LogP contribution >= 0.6 is 11.6 Å². The largest absolute Gasteiger partial charge is 0.349 e. The number of nitrogens with zero attached hydrogens (tertiary/aromatic N) is 1. The molecule has 0 aromatic heterocycles. The summed E-state index contributed by atoms with van der Waals surface area (Å²) in [7, 11) is 0. The Hall–Kier alpha value is -1.91. The predicted molar refractivity (Wildman–Crippen MR) is 116 cm³/mol. The number of hydrogen-bond acceptors (Lipinski definition) is 2. The van der Waals surface area contributed by atoms with Crippen LogP contribution in [0.2, 0.25) is 5.02 Å². The molecular weight excluding hydrogens is 387 g/mol. The quantitative estimate of drug-likeness (QED) is 0.637. The molecule has 1 N–H and O–H groups in total. The summed E-state index contributed by atoms with van der Waals surface area (Å²) in [4.78, 5) is 15.1. The van der Waals surface area contributed by atoms with Crippen molar-refractivity contribution in [3.8, 4) is 0 Å². The van der Waals surface area contributed by atoms with Gasteiger partial charge in [0.1, 0.15) is 5.82 Å². The van der Waals surface area contributed by atoms with Gasteiger partial charge in [-0.15, -0.1) is 0 Å². The molecule has 0 unspecified atom stereocenters. The minimum Gasteiger partial charge on any atom is -0.349 e. The number of hydrogen-bond donors (Lipinski definition) is 1. The molecule has 2 aromatic carbocycles. The highest BCUT2D eigenvalue weighted by Crippen LogP contribution is 2.25. The molecule has 29 heavy (non-hydrogen) atoms. The van der Waals surface area contributed by atoms with Crippen molar-refractivity contribution in [2.75, 3.05) is 13.1 Å². The molecule has 0 spiro atoms. The van der Waals surface area contributed by atoms with Crippen molar-refractivity contribution >= 4 is 17.5 Å². The number of carbonyl (C=O) groups is 1. The van der Waals surface area contributed by atoms with Crippen molar-refractivity contribution in [2.45, 2.75) is 45.7 Å². The zero-order chi connectivity index (χ0) is 20.8. The summed E-state index contributed by atoms with van der Waals surface area (Å²) >= 11 is 5.83. The molecule has 3 nitrogen and oxygen atoms in total. The van der Waals surface area contributed by atoms with Crippen molar-refractivity contribution in [1.82, 2.24) is 10.2 Å². The summed E-state index contributed by atoms with van der Waals surface area (Å²) in [6.45, 7) is 6.49. The van der Waals surface area contributed by atoms with Crippen LogP contribution in [-0.2, 0) is 11.3 Å². The average Bonchev–Trinajstić information content (AvgIpc) is 2.70. The van der Waals surface area contributed by atoms with Gasteiger partial charge in [-0.1, -0.05) is 61.8 Å². The molecule has 0 aliphatic carbocycles. The molecule has 1 heterocycles. The van der Waals surface area contributed by atoms with E-state index in [4.69, 9.17) is 11.6 Å². The summed E-state index contributed by atoms with van der Waals surface area (Å²) in [6, 6.07) is 15.1. The van der Waals surface area contributed by atoms with Crippen LogP contribution in [0.4, 0.5) is 4.39 Å². The molecule has 1 aliphatic rings. The Morgan fingerprint density at radius 3 is 2.48 bits per heavy atom. The molecule has 0 saturated carbocycles. The molecule has 2 aromatic rings. The van der Waals surface area contributed by atoms with Crippen molar-refractivity contribution in [1.29, 1.82) is 0 Å². The number of benzene rings is 2. The Morgan fingerprint density at radius 2 is 1.86 bits per heavy atom. The van der Waals surface area contributed by atoms with Gasteiger partial charge in [0.05, 0.1) is 6.04 Å². The Kier molecular flexibility index (Phi) is 7.68. The van der Waals surface area contributed by atoms with Gasteiger partial charge >= 0.3 is 0 Å². The second-order valence-corrected chi connectivity index (χ2v) is 8.82. The zero-order valence-corrected chi connectivity index (χ0v) is 18.0. The van der Waals surface area contributed by atoms with Gasteiger partial charge in [0.15, 0.2) is 0 Å². The monoisotopic (exact) mass is 416 g/mol. The number of halogens is 2. The van der Waals surface area contributed by atoms with Crippen LogP contribution < -0.4 is 5.32 Å². The molecule has 156 valence electrons. The van der Waals surface area contributed by atoms with Crippen LogP contribution in [0.3, 0.4) is 0 Å². The molecule has 1 saturated heterocycles. The Balaban J connectivity index is 1.54. The molecular formula is C24H30ClFN2O. The van der Waals surface area contributed by atoms with Gasteiger partial charge in [0.25, 0.3) is 0 Å². The first-order valence-electron chi connectivity index (χ1n) is 10.4. The second kappa shape index (κ2) is 10.2. The fraction of sp³-hybridized carbons (Fsp3) is 0.458. The molecule has 1 aliphatic heterocycles. The zero-order valence-electron chi connectivity index (χ0n) is 17.2. The minimum absolute atomic E-state index is 0.0136. The normalized spacial score (nSPS) is 16.7. The van der Waals surface area contributed by atoms with Crippen LogP contribution in [0.15, 0.2) is 48.5 Å². The Bertz CT molecular complexity index is 804. The van der Waals surface area contributed by atoms with E-state index in [1.54, 1.807) is 12.1 Å². The van der Waals surface area contributed by atoms with Gasteiger partial charge in [0.2, 0.25) is 5.91 Å². The van der Waals surface area contributed by atoms with Crippen LogP contribution in [0.1, 0.15) is 50.3 Å². The van der Waals surface area contributed by atoms with Crippen molar-refractivity contribution in [2.24, 2.45) is 11.8 Å². The number of carbonyl (C=O) groups excluding carboxylic acids is 1. The van der Waals surface area contributed by atoms with E-state index in [-0.39, 0.29) is 23.7 Å². The lowest BCUT2D eigenvalue weighted by atomic mass is 9.92. The summed E-state index contributed by atoms with van der Waals surface area (Å²) in [6.07, 6.45) is 2.51. The number of rotatable bonds is 7. The number of piperidine rings is 1. The van der Waals surface area contributed by atoms with Crippen molar-refractivity contribution < 1.29 is 9.18 Å². The molecule has 0 bridgehead atoms. The van der Waals surface area contributed by atoms with E-state index < -0.39 is 0 Å². The summed E-state index contributed by atoms with van der Waals surface area (Å²) in [5.41, 5.74) is 1.81. The predicted octanol–water partition coefficient (Wildman–Crippen LogP) is 5.59. The Morgan fingerprint density at radius 1 is 1.17 bits per heavy atom. The van der Waals surface area contributed by atoms with E-state index in [0.29, 0.717) is 23.0 Å². The van der Waals surface area contributed by atoms with E-state index in [0.717, 1.165) is 37.9 Å². The molecule has 3 rings (SSSR count). The smallest absolute Gasteiger partial charge is 0.223 e. The van der Waals surface area contributed by atoms with Gasteiger partial charge in [-0.2, -0.15) is 0 Å². The maximum Gasteiger partial charge on any atom is 0.223 e. The molecule has 1 atom stereocenters. The first kappa shape index (κ1) is 21.8. The van der Waals surface area contributed by atoms with Crippen molar-refractivity contribution in [3.05, 3.63) is 70.5 Å². The lowest BCUT2D eigenvalue weighted by Gasteiger charge is -2.32. The first-order chi connectivity index (χ1) is 13.9. The third-order valence-electron chi connectivity index (χ3n) is 5.59. The van der Waals surface area contributed by atoms with E-state index >= 15 is 0 Å². The van der Waals surface area contributed by atoms with Gasteiger partial charge in [0, 0.05) is 23.0 Å². The first-order valence-corrected chi connectivity index (χ1v) is 10.8. The van der Waals surface area contributed by atoms with Crippen LogP contribution in [-0.4, -0.2) is 23.9 Å². The van der Waals surface area contributed by atoms with E-state index in [1.807, 2.05) is 18.2 Å². The third kappa shape index (κ3) is 6.28. The van der Waals surface area contributed by atoms with Crippen LogP contribution in [0, 0.1) is 17.7 Å². The fourth-order valence-corrected chi connectivity index (χ4v) is 4.13. The van der Waals surface area contributed by atoms with Crippen LogP contribution in [0.25, 0.3) is 0 Å². The Labute approximate surface area is 178 Å². The molecule has 0 radical (unpaired) electrons. The SMILES string of the molecule is CC(C)C[C@H](NC(=O)C1CCN(Cc2ccc(Cl)cc2F)CC1)c1ccccc1. The van der Waals surface area contributed by atoms with Crippen LogP contribution in [0.5, 0.6) is 0 Å². The second-order valence-electron chi connectivity index (χ2n) is 8.39. The number of likely N-dealkylation sites (tertiary alicyclic amines) is 1. The van der Waals surface area contributed by atoms with Gasteiger partial charge in [-0.3, -0.25) is 9.69 Å². The molecule has 5 heteroatoms.